The van der Waals surface area contributed by atoms with Crippen molar-refractivity contribution < 1.29 is 18.6 Å². The van der Waals surface area contributed by atoms with Gasteiger partial charge in [0.05, 0.1) is 5.41 Å². The summed E-state index contributed by atoms with van der Waals surface area (Å²) in [4.78, 5) is 0. The second kappa shape index (κ2) is 5.12. The molecule has 1 aromatic rings. The van der Waals surface area contributed by atoms with E-state index in [1.165, 1.54) is 33.5 Å². The van der Waals surface area contributed by atoms with Crippen LogP contribution < -0.4 is 0 Å². The molecule has 0 aliphatic rings. The van der Waals surface area contributed by atoms with Crippen molar-refractivity contribution in [1.82, 2.24) is 0 Å². The summed E-state index contributed by atoms with van der Waals surface area (Å²) in [6.07, 6.45) is 0. The number of hydrogen-bond donors (Lipinski definition) is 0. The smallest absolute Gasteiger partial charge is 0.291 e. The van der Waals surface area contributed by atoms with Gasteiger partial charge in [0, 0.05) is 21.3 Å². The molecular formula is C13H19FO3. The third kappa shape index (κ3) is 2.34. The van der Waals surface area contributed by atoms with Gasteiger partial charge < -0.3 is 14.2 Å². The monoisotopic (exact) mass is 242 g/mol. The van der Waals surface area contributed by atoms with E-state index in [9.17, 15) is 4.39 Å². The fourth-order valence-electron chi connectivity index (χ4n) is 2.06. The summed E-state index contributed by atoms with van der Waals surface area (Å²) in [5.74, 6) is -1.48. The van der Waals surface area contributed by atoms with Gasteiger partial charge in [0.15, 0.2) is 0 Å². The average Bonchev–Trinajstić information content (AvgIpc) is 2.32. The maximum atomic E-state index is 12.9. The molecule has 0 saturated heterocycles. The lowest BCUT2D eigenvalue weighted by atomic mass is 9.81. The molecule has 4 heteroatoms. The third-order valence-electron chi connectivity index (χ3n) is 3.14. The normalized spacial score (nSPS) is 12.8. The fraction of sp³-hybridized carbons (Fsp3) is 0.538. The van der Waals surface area contributed by atoms with Crippen LogP contribution >= 0.6 is 0 Å². The van der Waals surface area contributed by atoms with Crippen LogP contribution in [0.3, 0.4) is 0 Å². The van der Waals surface area contributed by atoms with E-state index in [0.717, 1.165) is 5.56 Å². The van der Waals surface area contributed by atoms with Crippen molar-refractivity contribution in [3.05, 3.63) is 35.6 Å². The summed E-state index contributed by atoms with van der Waals surface area (Å²) in [5.41, 5.74) is 0.281. The average molecular weight is 242 g/mol. The zero-order valence-corrected chi connectivity index (χ0v) is 10.9. The Labute approximate surface area is 101 Å². The number of rotatable bonds is 5. The van der Waals surface area contributed by atoms with E-state index >= 15 is 0 Å². The zero-order valence-electron chi connectivity index (χ0n) is 10.9. The van der Waals surface area contributed by atoms with Gasteiger partial charge in [0.2, 0.25) is 0 Å². The van der Waals surface area contributed by atoms with E-state index < -0.39 is 11.4 Å². The fourth-order valence-corrected chi connectivity index (χ4v) is 2.06. The van der Waals surface area contributed by atoms with Crippen LogP contribution in [0, 0.1) is 5.82 Å². The van der Waals surface area contributed by atoms with Crippen LogP contribution in [0.15, 0.2) is 24.3 Å². The van der Waals surface area contributed by atoms with Crippen molar-refractivity contribution in [2.24, 2.45) is 0 Å². The highest BCUT2D eigenvalue weighted by Crippen LogP contribution is 2.38. The van der Waals surface area contributed by atoms with E-state index in [4.69, 9.17) is 14.2 Å². The van der Waals surface area contributed by atoms with E-state index in [1.54, 1.807) is 12.1 Å². The second-order valence-corrected chi connectivity index (χ2v) is 4.30. The SMILES string of the molecule is COC(OC)(OC)C(C)(C)c1ccc(F)cc1. The minimum atomic E-state index is -1.20. The predicted octanol–water partition coefficient (Wildman–Crippen LogP) is 2.70. The van der Waals surface area contributed by atoms with Gasteiger partial charge in [-0.15, -0.1) is 0 Å². The lowest BCUT2D eigenvalue weighted by Gasteiger charge is -2.42. The zero-order chi connectivity index (χ0) is 13.1. The van der Waals surface area contributed by atoms with Gasteiger partial charge in [-0.2, -0.15) is 0 Å². The molecule has 1 rings (SSSR count). The quantitative estimate of drug-likeness (QED) is 0.743. The van der Waals surface area contributed by atoms with Gasteiger partial charge in [-0.05, 0) is 31.5 Å². The van der Waals surface area contributed by atoms with Gasteiger partial charge in [-0.25, -0.2) is 4.39 Å². The molecule has 0 atom stereocenters. The molecule has 96 valence electrons. The van der Waals surface area contributed by atoms with Gasteiger partial charge in [0.1, 0.15) is 5.82 Å². The van der Waals surface area contributed by atoms with E-state index in [2.05, 4.69) is 0 Å². The highest BCUT2D eigenvalue weighted by atomic mass is 19.1. The number of methoxy groups -OCH3 is 3. The third-order valence-corrected chi connectivity index (χ3v) is 3.14. The molecule has 0 radical (unpaired) electrons. The Kier molecular flexibility index (Phi) is 4.25. The van der Waals surface area contributed by atoms with Crippen molar-refractivity contribution in [3.8, 4) is 0 Å². The molecule has 0 heterocycles. The minimum absolute atomic E-state index is 0.276. The minimum Gasteiger partial charge on any atom is -0.330 e. The number of ether oxygens (including phenoxy) is 3. The second-order valence-electron chi connectivity index (χ2n) is 4.30. The van der Waals surface area contributed by atoms with Gasteiger partial charge in [0.25, 0.3) is 5.97 Å². The summed E-state index contributed by atoms with van der Waals surface area (Å²) in [6, 6.07) is 6.20. The van der Waals surface area contributed by atoms with Crippen LogP contribution in [0.2, 0.25) is 0 Å². The Balaban J connectivity index is 3.20. The highest BCUT2D eigenvalue weighted by molar-refractivity contribution is 5.26. The van der Waals surface area contributed by atoms with E-state index in [0.29, 0.717) is 0 Å². The Morgan fingerprint density at radius 2 is 1.29 bits per heavy atom. The van der Waals surface area contributed by atoms with Crippen molar-refractivity contribution in [2.75, 3.05) is 21.3 Å². The topological polar surface area (TPSA) is 27.7 Å². The molecular weight excluding hydrogens is 223 g/mol. The molecule has 0 saturated carbocycles. The molecule has 0 amide bonds. The summed E-state index contributed by atoms with van der Waals surface area (Å²) in [6.45, 7) is 3.83. The first-order valence-electron chi connectivity index (χ1n) is 5.35. The maximum absolute atomic E-state index is 12.9. The van der Waals surface area contributed by atoms with Gasteiger partial charge >= 0.3 is 0 Å². The van der Waals surface area contributed by atoms with Gasteiger partial charge in [-0.1, -0.05) is 12.1 Å². The van der Waals surface area contributed by atoms with E-state index in [1.807, 2.05) is 13.8 Å². The molecule has 0 N–H and O–H groups in total. The van der Waals surface area contributed by atoms with Crippen molar-refractivity contribution >= 4 is 0 Å². The predicted molar refractivity (Wildman–Crippen MR) is 63.2 cm³/mol. The number of hydrogen-bond acceptors (Lipinski definition) is 3. The standard InChI is InChI=1S/C13H19FO3/c1-12(2,13(15-3,16-4)17-5)10-6-8-11(14)9-7-10/h6-9H,1-5H3. The molecule has 1 aromatic carbocycles. The molecule has 0 fully saturated rings. The van der Waals surface area contributed by atoms with Crippen LogP contribution in [0.5, 0.6) is 0 Å². The van der Waals surface area contributed by atoms with Crippen LogP contribution in [-0.2, 0) is 19.6 Å². The molecule has 0 unspecified atom stereocenters. The Morgan fingerprint density at radius 3 is 1.65 bits per heavy atom. The number of benzene rings is 1. The molecule has 0 aromatic heterocycles. The van der Waals surface area contributed by atoms with Crippen LogP contribution in [0.1, 0.15) is 19.4 Å². The van der Waals surface area contributed by atoms with Crippen LogP contribution in [0.4, 0.5) is 4.39 Å². The Bertz CT molecular complexity index is 347. The summed E-state index contributed by atoms with van der Waals surface area (Å²) in [5, 5.41) is 0. The molecule has 3 nitrogen and oxygen atoms in total. The van der Waals surface area contributed by atoms with Crippen molar-refractivity contribution in [1.29, 1.82) is 0 Å². The summed E-state index contributed by atoms with van der Waals surface area (Å²) >= 11 is 0. The lowest BCUT2D eigenvalue weighted by Crippen LogP contribution is -2.52. The molecule has 0 aliphatic carbocycles. The van der Waals surface area contributed by atoms with Crippen LogP contribution in [-0.4, -0.2) is 27.3 Å². The summed E-state index contributed by atoms with van der Waals surface area (Å²) < 4.78 is 29.0. The highest BCUT2D eigenvalue weighted by Gasteiger charge is 2.48. The van der Waals surface area contributed by atoms with Crippen molar-refractivity contribution in [2.45, 2.75) is 25.2 Å². The first kappa shape index (κ1) is 14.1. The van der Waals surface area contributed by atoms with E-state index in [-0.39, 0.29) is 5.82 Å². The first-order chi connectivity index (χ1) is 7.93. The maximum Gasteiger partial charge on any atom is 0.291 e. The summed E-state index contributed by atoms with van der Waals surface area (Å²) in [7, 11) is 4.54. The van der Waals surface area contributed by atoms with Gasteiger partial charge in [-0.3, -0.25) is 0 Å². The largest absolute Gasteiger partial charge is 0.330 e. The lowest BCUT2D eigenvalue weighted by molar-refractivity contribution is -0.382. The van der Waals surface area contributed by atoms with Crippen LogP contribution in [0.25, 0.3) is 0 Å². The Morgan fingerprint density at radius 1 is 0.882 bits per heavy atom. The Hall–Kier alpha value is -0.970. The van der Waals surface area contributed by atoms with Crippen molar-refractivity contribution in [3.63, 3.8) is 0 Å². The molecule has 17 heavy (non-hydrogen) atoms. The molecule has 0 aliphatic heterocycles. The molecule has 0 bridgehead atoms. The molecule has 0 spiro atoms. The number of halogens is 1. The first-order valence-corrected chi connectivity index (χ1v) is 5.35.